The van der Waals surface area contributed by atoms with Crippen LogP contribution < -0.4 is 5.32 Å². The van der Waals surface area contributed by atoms with Gasteiger partial charge in [-0.2, -0.15) is 11.8 Å². The summed E-state index contributed by atoms with van der Waals surface area (Å²) >= 11 is 1.80. The third-order valence-corrected chi connectivity index (χ3v) is 3.52. The van der Waals surface area contributed by atoms with Crippen LogP contribution in [0.1, 0.15) is 19.3 Å². The average Bonchev–Trinajstić information content (AvgIpc) is 2.63. The highest BCUT2D eigenvalue weighted by molar-refractivity contribution is 7.98. The lowest BCUT2D eigenvalue weighted by Crippen LogP contribution is -2.36. The molecule has 1 fully saturated rings. The monoisotopic (exact) mass is 242 g/mol. The molecule has 0 saturated carbocycles. The second-order valence-corrected chi connectivity index (χ2v) is 5.04. The topological polar surface area (TPSA) is 32.3 Å². The van der Waals surface area contributed by atoms with Crippen molar-refractivity contribution in [2.24, 2.45) is 0 Å². The summed E-state index contributed by atoms with van der Waals surface area (Å²) in [5.41, 5.74) is 0. The van der Waals surface area contributed by atoms with Crippen molar-refractivity contribution in [1.29, 1.82) is 0 Å². The van der Waals surface area contributed by atoms with E-state index in [0.29, 0.717) is 11.9 Å². The van der Waals surface area contributed by atoms with E-state index >= 15 is 0 Å². The van der Waals surface area contributed by atoms with Gasteiger partial charge in [-0.05, 0) is 25.6 Å². The minimum absolute atomic E-state index is 0.336. The molecule has 4 heteroatoms. The summed E-state index contributed by atoms with van der Waals surface area (Å²) in [5.74, 6) is 1.38. The van der Waals surface area contributed by atoms with Crippen LogP contribution in [0.2, 0.25) is 0 Å². The van der Waals surface area contributed by atoms with Crippen molar-refractivity contribution in [3.8, 4) is 0 Å². The molecule has 16 heavy (non-hydrogen) atoms. The number of rotatable bonds is 8. The van der Waals surface area contributed by atoms with Gasteiger partial charge in [0, 0.05) is 31.3 Å². The summed E-state index contributed by atoms with van der Waals surface area (Å²) in [6.07, 6.45) is 6.78. The summed E-state index contributed by atoms with van der Waals surface area (Å²) in [6.45, 7) is 6.40. The lowest BCUT2D eigenvalue weighted by atomic mass is 10.1. The predicted octanol–water partition coefficient (Wildman–Crippen LogP) is 1.51. The highest BCUT2D eigenvalue weighted by Crippen LogP contribution is 2.21. The molecule has 1 N–H and O–H groups in total. The second kappa shape index (κ2) is 7.74. The van der Waals surface area contributed by atoms with E-state index in [4.69, 9.17) is 0 Å². The van der Waals surface area contributed by atoms with Crippen molar-refractivity contribution in [2.75, 3.05) is 31.6 Å². The summed E-state index contributed by atoms with van der Waals surface area (Å²) in [6, 6.07) is 0.456. The van der Waals surface area contributed by atoms with Crippen molar-refractivity contribution in [2.45, 2.75) is 25.3 Å². The van der Waals surface area contributed by atoms with Gasteiger partial charge >= 0.3 is 0 Å². The van der Waals surface area contributed by atoms with E-state index in [1.165, 1.54) is 0 Å². The molecule has 1 aliphatic heterocycles. The molecule has 1 atom stereocenters. The van der Waals surface area contributed by atoms with Crippen LogP contribution in [0.15, 0.2) is 12.7 Å². The second-order valence-electron chi connectivity index (χ2n) is 4.05. The molecular formula is C12H22N2OS. The molecule has 0 bridgehead atoms. The van der Waals surface area contributed by atoms with E-state index < -0.39 is 0 Å². The zero-order valence-corrected chi connectivity index (χ0v) is 10.9. The fourth-order valence-corrected chi connectivity index (χ4v) is 2.44. The maximum atomic E-state index is 11.7. The van der Waals surface area contributed by atoms with Crippen molar-refractivity contribution >= 4 is 17.7 Å². The maximum absolute atomic E-state index is 11.7. The molecule has 1 saturated heterocycles. The average molecular weight is 242 g/mol. The number of nitrogens with one attached hydrogen (secondary N) is 1. The number of hydrogen-bond acceptors (Lipinski definition) is 3. The zero-order valence-electron chi connectivity index (χ0n) is 10.1. The predicted molar refractivity (Wildman–Crippen MR) is 70.8 cm³/mol. The molecule has 0 aromatic heterocycles. The van der Waals surface area contributed by atoms with E-state index in [0.717, 1.165) is 44.6 Å². The molecule has 0 aliphatic carbocycles. The Labute approximate surface area is 103 Å². The Morgan fingerprint density at radius 2 is 2.50 bits per heavy atom. The summed E-state index contributed by atoms with van der Waals surface area (Å²) < 4.78 is 0. The minimum Gasteiger partial charge on any atom is -0.339 e. The zero-order chi connectivity index (χ0) is 11.8. The Kier molecular flexibility index (Phi) is 6.57. The van der Waals surface area contributed by atoms with E-state index in [1.54, 1.807) is 11.8 Å². The molecule has 0 spiro atoms. The van der Waals surface area contributed by atoms with Crippen LogP contribution in [-0.4, -0.2) is 48.5 Å². The molecule has 1 aliphatic rings. The Hall–Kier alpha value is -0.480. The van der Waals surface area contributed by atoms with Gasteiger partial charge in [0.15, 0.2) is 0 Å². The van der Waals surface area contributed by atoms with Gasteiger partial charge in [-0.15, -0.1) is 6.58 Å². The smallest absolute Gasteiger partial charge is 0.222 e. The third-order valence-electron chi connectivity index (χ3n) is 2.93. The fourth-order valence-electron chi connectivity index (χ4n) is 2.06. The van der Waals surface area contributed by atoms with Crippen LogP contribution in [0.4, 0.5) is 0 Å². The first-order chi connectivity index (χ1) is 7.79. The SMILES string of the molecule is C=CCNCC[C@@H]1CCC(=O)N1CCSC. The number of amides is 1. The molecule has 0 aromatic carbocycles. The third kappa shape index (κ3) is 4.18. The van der Waals surface area contributed by atoms with Crippen LogP contribution in [0.5, 0.6) is 0 Å². The van der Waals surface area contributed by atoms with Gasteiger partial charge in [-0.25, -0.2) is 0 Å². The van der Waals surface area contributed by atoms with Crippen molar-refractivity contribution in [3.05, 3.63) is 12.7 Å². The first-order valence-electron chi connectivity index (χ1n) is 5.89. The number of hydrogen-bond donors (Lipinski definition) is 1. The Bertz CT molecular complexity index is 233. The van der Waals surface area contributed by atoms with Crippen LogP contribution in [0, 0.1) is 0 Å². The molecule has 1 heterocycles. The van der Waals surface area contributed by atoms with Gasteiger partial charge in [0.2, 0.25) is 5.91 Å². The first-order valence-corrected chi connectivity index (χ1v) is 7.29. The standard InChI is InChI=1S/C12H22N2OS/c1-3-7-13-8-6-11-4-5-12(15)14(11)9-10-16-2/h3,11,13H,1,4-10H2,2H3/t11-/m0/s1. The number of likely N-dealkylation sites (tertiary alicyclic amines) is 1. The summed E-state index contributed by atoms with van der Waals surface area (Å²) in [7, 11) is 0. The van der Waals surface area contributed by atoms with Crippen LogP contribution in [-0.2, 0) is 4.79 Å². The Morgan fingerprint density at radius 3 is 3.19 bits per heavy atom. The molecule has 92 valence electrons. The lowest BCUT2D eigenvalue weighted by Gasteiger charge is -2.24. The van der Waals surface area contributed by atoms with Gasteiger partial charge < -0.3 is 10.2 Å². The largest absolute Gasteiger partial charge is 0.339 e. The van der Waals surface area contributed by atoms with Crippen LogP contribution in [0.25, 0.3) is 0 Å². The number of carbonyl (C=O) groups is 1. The normalized spacial score (nSPS) is 20.4. The summed E-state index contributed by atoms with van der Waals surface area (Å²) in [4.78, 5) is 13.7. The van der Waals surface area contributed by atoms with Gasteiger partial charge in [0.25, 0.3) is 0 Å². The summed E-state index contributed by atoms with van der Waals surface area (Å²) in [5, 5.41) is 3.29. The molecule has 1 rings (SSSR count). The van der Waals surface area contributed by atoms with Gasteiger partial charge in [0.05, 0.1) is 0 Å². The Balaban J connectivity index is 2.27. The quantitative estimate of drug-likeness (QED) is 0.517. The number of carbonyl (C=O) groups excluding carboxylic acids is 1. The number of thioether (sulfide) groups is 1. The highest BCUT2D eigenvalue weighted by atomic mass is 32.2. The maximum Gasteiger partial charge on any atom is 0.222 e. The Morgan fingerprint density at radius 1 is 1.69 bits per heavy atom. The minimum atomic E-state index is 0.336. The van der Waals surface area contributed by atoms with E-state index in [-0.39, 0.29) is 0 Å². The van der Waals surface area contributed by atoms with Gasteiger partial charge in [-0.3, -0.25) is 4.79 Å². The van der Waals surface area contributed by atoms with Crippen LogP contribution >= 0.6 is 11.8 Å². The molecular weight excluding hydrogens is 220 g/mol. The fraction of sp³-hybridized carbons (Fsp3) is 0.750. The molecule has 1 amide bonds. The van der Waals surface area contributed by atoms with E-state index in [9.17, 15) is 4.79 Å². The van der Waals surface area contributed by atoms with Gasteiger partial charge in [0.1, 0.15) is 0 Å². The van der Waals surface area contributed by atoms with E-state index in [1.807, 2.05) is 6.08 Å². The molecule has 0 unspecified atom stereocenters. The van der Waals surface area contributed by atoms with Crippen molar-refractivity contribution in [3.63, 3.8) is 0 Å². The molecule has 3 nitrogen and oxygen atoms in total. The van der Waals surface area contributed by atoms with Gasteiger partial charge in [-0.1, -0.05) is 6.08 Å². The van der Waals surface area contributed by atoms with Crippen molar-refractivity contribution in [1.82, 2.24) is 10.2 Å². The first kappa shape index (κ1) is 13.6. The lowest BCUT2D eigenvalue weighted by molar-refractivity contribution is -0.128. The van der Waals surface area contributed by atoms with Crippen LogP contribution in [0.3, 0.4) is 0 Å². The van der Waals surface area contributed by atoms with Crippen molar-refractivity contribution < 1.29 is 4.79 Å². The highest BCUT2D eigenvalue weighted by Gasteiger charge is 2.29. The molecule has 0 radical (unpaired) electrons. The van der Waals surface area contributed by atoms with E-state index in [2.05, 4.69) is 23.1 Å². The molecule has 0 aromatic rings. The number of nitrogens with zero attached hydrogens (tertiary/aromatic N) is 1.